The van der Waals surface area contributed by atoms with Crippen LogP contribution in [0, 0.1) is 5.41 Å². The normalized spacial score (nSPS) is 16.5. The van der Waals surface area contributed by atoms with Gasteiger partial charge in [-0.2, -0.15) is 13.2 Å². The maximum atomic E-state index is 14.0. The van der Waals surface area contributed by atoms with E-state index in [1.54, 1.807) is 0 Å². The summed E-state index contributed by atoms with van der Waals surface area (Å²) in [5.41, 5.74) is 0.165. The molecule has 0 bridgehead atoms. The van der Waals surface area contributed by atoms with Gasteiger partial charge in [0, 0.05) is 5.56 Å². The summed E-state index contributed by atoms with van der Waals surface area (Å²) in [5.74, 6) is -2.57. The molecule has 0 N–H and O–H groups in total. The van der Waals surface area contributed by atoms with E-state index >= 15 is 0 Å². The molecule has 0 aromatic heterocycles. The summed E-state index contributed by atoms with van der Waals surface area (Å²) in [6.07, 6.45) is -0.788. The Balaban J connectivity index is 2.22. The third-order valence-electron chi connectivity index (χ3n) is 5.95. The minimum Gasteiger partial charge on any atom is -0.488 e. The van der Waals surface area contributed by atoms with Crippen molar-refractivity contribution in [1.82, 2.24) is 0 Å². The number of alkyl halides is 3. The van der Waals surface area contributed by atoms with Crippen molar-refractivity contribution in [2.75, 3.05) is 7.11 Å². The fourth-order valence-electron chi connectivity index (χ4n) is 4.03. The van der Waals surface area contributed by atoms with Crippen LogP contribution in [0.5, 0.6) is 5.75 Å². The van der Waals surface area contributed by atoms with E-state index in [0.717, 1.165) is 25.2 Å². The van der Waals surface area contributed by atoms with Gasteiger partial charge in [0.15, 0.2) is 0 Å². The highest BCUT2D eigenvalue weighted by Crippen LogP contribution is 2.47. The van der Waals surface area contributed by atoms with Crippen LogP contribution in [0.15, 0.2) is 48.5 Å². The Hall–Kier alpha value is -3.09. The summed E-state index contributed by atoms with van der Waals surface area (Å²) < 4.78 is 52.8. The van der Waals surface area contributed by atoms with Gasteiger partial charge in [-0.25, -0.2) is 0 Å². The van der Waals surface area contributed by atoms with Crippen molar-refractivity contribution in [1.29, 1.82) is 0 Å². The van der Waals surface area contributed by atoms with Gasteiger partial charge < -0.3 is 14.3 Å². The molecule has 1 aliphatic rings. The van der Waals surface area contributed by atoms with Crippen LogP contribution in [0.25, 0.3) is 5.57 Å². The van der Waals surface area contributed by atoms with E-state index in [1.807, 2.05) is 36.4 Å². The van der Waals surface area contributed by atoms with Crippen LogP contribution in [0.2, 0.25) is 0 Å². The molecule has 7 heteroatoms. The molecule has 1 aliphatic carbocycles. The van der Waals surface area contributed by atoms with Crippen molar-refractivity contribution in [3.05, 3.63) is 70.8 Å². The van der Waals surface area contributed by atoms with Gasteiger partial charge in [-0.15, -0.1) is 0 Å². The second-order valence-electron chi connectivity index (χ2n) is 8.91. The summed E-state index contributed by atoms with van der Waals surface area (Å²) in [6.45, 7) is 4.30. The highest BCUT2D eigenvalue weighted by atomic mass is 19.4. The van der Waals surface area contributed by atoms with Crippen molar-refractivity contribution in [2.45, 2.75) is 51.8 Å². The maximum absolute atomic E-state index is 14.0. The fourth-order valence-corrected chi connectivity index (χ4v) is 4.03. The van der Waals surface area contributed by atoms with E-state index in [4.69, 9.17) is 4.74 Å². The zero-order chi connectivity index (χ0) is 24.2. The molecular formula is C26H27F3O4. The smallest absolute Gasteiger partial charge is 0.416 e. The highest BCUT2D eigenvalue weighted by molar-refractivity contribution is 5.97. The van der Waals surface area contributed by atoms with Gasteiger partial charge in [-0.05, 0) is 53.5 Å². The molecule has 176 valence electrons. The molecule has 0 saturated carbocycles. The average Bonchev–Trinajstić information content (AvgIpc) is 2.78. The van der Waals surface area contributed by atoms with Crippen molar-refractivity contribution >= 4 is 17.8 Å². The zero-order valence-corrected chi connectivity index (χ0v) is 18.9. The molecule has 2 aromatic rings. The SMILES string of the molecule is COC(=O)C(C=O)c1c(C(F)(F)F)ccc(OCc2ccccc2)c1C1=CCC(C)(C)CC1. The Bertz CT molecular complexity index is 1040. The molecule has 0 aliphatic heterocycles. The molecule has 0 saturated heterocycles. The number of carbonyl (C=O) groups excluding carboxylic acids is 2. The molecular weight excluding hydrogens is 433 g/mol. The van der Waals surface area contributed by atoms with Crippen molar-refractivity contribution in [2.24, 2.45) is 5.41 Å². The quantitative estimate of drug-likeness (QED) is 0.275. The number of allylic oxidation sites excluding steroid dienone is 2. The number of rotatable bonds is 7. The Morgan fingerprint density at radius 3 is 2.39 bits per heavy atom. The first kappa shape index (κ1) is 24.6. The average molecular weight is 460 g/mol. The van der Waals surface area contributed by atoms with Crippen LogP contribution < -0.4 is 4.74 Å². The Kier molecular flexibility index (Phi) is 7.30. The van der Waals surface area contributed by atoms with Crippen LogP contribution in [-0.4, -0.2) is 19.4 Å². The highest BCUT2D eigenvalue weighted by Gasteiger charge is 2.41. The van der Waals surface area contributed by atoms with E-state index < -0.39 is 29.2 Å². The lowest BCUT2D eigenvalue weighted by molar-refractivity contribution is -0.145. The second-order valence-corrected chi connectivity index (χ2v) is 8.91. The lowest BCUT2D eigenvalue weighted by Gasteiger charge is -2.31. The maximum Gasteiger partial charge on any atom is 0.416 e. The van der Waals surface area contributed by atoms with Gasteiger partial charge in [0.05, 0.1) is 12.7 Å². The number of hydrogen-bond donors (Lipinski definition) is 0. The first-order valence-electron chi connectivity index (χ1n) is 10.7. The molecule has 3 rings (SSSR count). The van der Waals surface area contributed by atoms with E-state index in [0.29, 0.717) is 18.4 Å². The summed E-state index contributed by atoms with van der Waals surface area (Å²) in [5, 5.41) is 0. The molecule has 0 heterocycles. The van der Waals surface area contributed by atoms with Crippen LogP contribution in [0.4, 0.5) is 13.2 Å². The van der Waals surface area contributed by atoms with Crippen molar-refractivity contribution in [3.8, 4) is 5.75 Å². The Morgan fingerprint density at radius 2 is 1.85 bits per heavy atom. The monoisotopic (exact) mass is 460 g/mol. The van der Waals surface area contributed by atoms with Gasteiger partial charge in [-0.1, -0.05) is 50.3 Å². The zero-order valence-electron chi connectivity index (χ0n) is 18.9. The standard InChI is InChI=1S/C26H27F3O4/c1-25(2)13-11-18(12-14-25)22-21(33-16-17-7-5-4-6-8-17)10-9-20(26(27,28)29)23(22)19(15-30)24(31)32-3/h4-11,15,19H,12-14,16H2,1-3H3. The van der Waals surface area contributed by atoms with Gasteiger partial charge in [-0.3, -0.25) is 4.79 Å². The molecule has 1 atom stereocenters. The summed E-state index contributed by atoms with van der Waals surface area (Å²) >= 11 is 0. The minimum absolute atomic E-state index is 0.00275. The summed E-state index contributed by atoms with van der Waals surface area (Å²) in [6, 6.07) is 11.3. The number of methoxy groups -OCH3 is 1. The lowest BCUT2D eigenvalue weighted by atomic mass is 9.75. The number of ether oxygens (including phenoxy) is 2. The summed E-state index contributed by atoms with van der Waals surface area (Å²) in [7, 11) is 1.05. The fraction of sp³-hybridized carbons (Fsp3) is 0.385. The third-order valence-corrected chi connectivity index (χ3v) is 5.95. The first-order chi connectivity index (χ1) is 15.6. The molecule has 2 aromatic carbocycles. The van der Waals surface area contributed by atoms with Crippen LogP contribution in [0.3, 0.4) is 0 Å². The number of benzene rings is 2. The van der Waals surface area contributed by atoms with Crippen LogP contribution in [-0.2, 0) is 27.1 Å². The predicted molar refractivity (Wildman–Crippen MR) is 119 cm³/mol. The number of hydrogen-bond acceptors (Lipinski definition) is 4. The van der Waals surface area contributed by atoms with Crippen LogP contribution >= 0.6 is 0 Å². The largest absolute Gasteiger partial charge is 0.488 e. The number of aldehydes is 1. The van der Waals surface area contributed by atoms with Gasteiger partial charge >= 0.3 is 12.1 Å². The molecule has 1 unspecified atom stereocenters. The van der Waals surface area contributed by atoms with Gasteiger partial charge in [0.2, 0.25) is 0 Å². The second kappa shape index (κ2) is 9.81. The topological polar surface area (TPSA) is 52.6 Å². The number of esters is 1. The molecule has 0 amide bonds. The molecule has 4 nitrogen and oxygen atoms in total. The van der Waals surface area contributed by atoms with Crippen LogP contribution in [0.1, 0.15) is 61.3 Å². The van der Waals surface area contributed by atoms with E-state index in [2.05, 4.69) is 18.6 Å². The van der Waals surface area contributed by atoms with E-state index in [1.165, 1.54) is 6.07 Å². The van der Waals surface area contributed by atoms with Crippen molar-refractivity contribution in [3.63, 3.8) is 0 Å². The molecule has 0 radical (unpaired) electrons. The summed E-state index contributed by atoms with van der Waals surface area (Å²) in [4.78, 5) is 24.3. The van der Waals surface area contributed by atoms with E-state index in [9.17, 15) is 22.8 Å². The van der Waals surface area contributed by atoms with Gasteiger partial charge in [0.25, 0.3) is 0 Å². The molecule has 33 heavy (non-hydrogen) atoms. The Labute approximate surface area is 191 Å². The lowest BCUT2D eigenvalue weighted by Crippen LogP contribution is -2.23. The van der Waals surface area contributed by atoms with Crippen molar-refractivity contribution < 1.29 is 32.2 Å². The van der Waals surface area contributed by atoms with E-state index in [-0.39, 0.29) is 29.6 Å². The first-order valence-corrected chi connectivity index (χ1v) is 10.7. The minimum atomic E-state index is -4.77. The Morgan fingerprint density at radius 1 is 1.15 bits per heavy atom. The number of carbonyl (C=O) groups is 2. The predicted octanol–water partition coefficient (Wildman–Crippen LogP) is 6.33. The molecule has 0 fully saturated rings. The molecule has 0 spiro atoms. The van der Waals surface area contributed by atoms with Gasteiger partial charge in [0.1, 0.15) is 24.6 Å². The number of halogens is 3. The third kappa shape index (κ3) is 5.64.